The SMILES string of the molecule is O=C(O)N(CC1CCCO1)c1ccc(-c2cnc([C@@H]3CCc4cc(-c5cc(Cl)ccc5-n5cnnn5)cc(=O)n43)[nH]2)cc1. The number of carbonyl (C=O) groups is 1. The molecule has 5 heterocycles. The zero-order valence-electron chi connectivity index (χ0n) is 22.9. The monoisotopic (exact) mass is 598 g/mol. The summed E-state index contributed by atoms with van der Waals surface area (Å²) in [6.45, 7) is 0.972. The van der Waals surface area contributed by atoms with Gasteiger partial charge in [-0.05, 0) is 83.6 Å². The fourth-order valence-corrected chi connectivity index (χ4v) is 6.15. The van der Waals surface area contributed by atoms with Gasteiger partial charge in [0, 0.05) is 34.6 Å². The lowest BCUT2D eigenvalue weighted by molar-refractivity contribution is 0.114. The van der Waals surface area contributed by atoms with Crippen LogP contribution in [0, 0.1) is 0 Å². The second-order valence-electron chi connectivity index (χ2n) is 10.7. The molecule has 5 aromatic rings. The third-order valence-electron chi connectivity index (χ3n) is 8.04. The number of aromatic amines is 1. The van der Waals surface area contributed by atoms with E-state index in [1.807, 2.05) is 24.3 Å². The number of halogens is 1. The minimum atomic E-state index is -1.01. The zero-order chi connectivity index (χ0) is 29.5. The number of rotatable bonds is 7. The van der Waals surface area contributed by atoms with E-state index in [1.165, 1.54) is 11.2 Å². The molecule has 2 atom stereocenters. The molecular weight excluding hydrogens is 572 g/mol. The predicted octanol–water partition coefficient (Wildman–Crippen LogP) is 4.73. The molecule has 0 radical (unpaired) electrons. The molecule has 12 nitrogen and oxygen atoms in total. The molecule has 2 aromatic carbocycles. The predicted molar refractivity (Wildman–Crippen MR) is 159 cm³/mol. The lowest BCUT2D eigenvalue weighted by Gasteiger charge is -2.22. The maximum Gasteiger partial charge on any atom is 0.411 e. The van der Waals surface area contributed by atoms with Crippen LogP contribution in [-0.2, 0) is 11.2 Å². The van der Waals surface area contributed by atoms with E-state index in [-0.39, 0.29) is 17.7 Å². The molecule has 0 spiro atoms. The van der Waals surface area contributed by atoms with Gasteiger partial charge in [0.1, 0.15) is 12.2 Å². The van der Waals surface area contributed by atoms with Crippen molar-refractivity contribution in [3.05, 3.63) is 94.0 Å². The number of amides is 1. The molecule has 0 bridgehead atoms. The summed E-state index contributed by atoms with van der Waals surface area (Å²) in [6.07, 6.45) is 5.37. The van der Waals surface area contributed by atoms with Crippen molar-refractivity contribution < 1.29 is 14.6 Å². The highest BCUT2D eigenvalue weighted by Gasteiger charge is 2.28. The molecule has 2 N–H and O–H groups in total. The Kier molecular flexibility index (Phi) is 6.99. The Morgan fingerprint density at radius 3 is 2.72 bits per heavy atom. The second-order valence-corrected chi connectivity index (χ2v) is 11.1. The molecule has 13 heteroatoms. The molecule has 0 saturated carbocycles. The van der Waals surface area contributed by atoms with Gasteiger partial charge < -0.3 is 19.4 Å². The molecule has 1 fully saturated rings. The summed E-state index contributed by atoms with van der Waals surface area (Å²) >= 11 is 6.32. The number of ether oxygens (including phenoxy) is 1. The summed E-state index contributed by atoms with van der Waals surface area (Å²) in [7, 11) is 0. The summed E-state index contributed by atoms with van der Waals surface area (Å²) in [4.78, 5) is 34.8. The van der Waals surface area contributed by atoms with Crippen molar-refractivity contribution in [2.45, 2.75) is 37.8 Å². The number of aryl methyl sites for hydroxylation is 1. The number of carboxylic acid groups (broad SMARTS) is 1. The number of imidazole rings is 1. The number of hydrogen-bond donors (Lipinski definition) is 2. The number of anilines is 1. The van der Waals surface area contributed by atoms with Crippen molar-refractivity contribution in [1.82, 2.24) is 34.7 Å². The maximum atomic E-state index is 13.5. The Bertz CT molecular complexity index is 1840. The first-order valence-corrected chi connectivity index (χ1v) is 14.4. The van der Waals surface area contributed by atoms with E-state index in [4.69, 9.17) is 16.3 Å². The average molecular weight is 599 g/mol. The van der Waals surface area contributed by atoms with Gasteiger partial charge in [-0.25, -0.2) is 9.78 Å². The summed E-state index contributed by atoms with van der Waals surface area (Å²) in [6, 6.07) is 16.1. The molecule has 1 unspecified atom stereocenters. The minimum Gasteiger partial charge on any atom is -0.465 e. The molecule has 218 valence electrons. The average Bonchev–Trinajstić information content (AvgIpc) is 3.83. The molecule has 0 aliphatic carbocycles. The third kappa shape index (κ3) is 5.19. The number of hydrogen-bond acceptors (Lipinski definition) is 7. The number of aromatic nitrogens is 7. The van der Waals surface area contributed by atoms with Crippen molar-refractivity contribution >= 4 is 23.4 Å². The van der Waals surface area contributed by atoms with Gasteiger partial charge in [0.15, 0.2) is 0 Å². The van der Waals surface area contributed by atoms with Crippen molar-refractivity contribution in [3.63, 3.8) is 0 Å². The van der Waals surface area contributed by atoms with Crippen LogP contribution in [0.3, 0.4) is 0 Å². The number of benzene rings is 2. The number of H-pyrrole nitrogens is 1. The van der Waals surface area contributed by atoms with Gasteiger partial charge in [0.25, 0.3) is 5.56 Å². The number of nitrogens with zero attached hydrogens (tertiary/aromatic N) is 7. The van der Waals surface area contributed by atoms with Gasteiger partial charge in [-0.1, -0.05) is 23.7 Å². The van der Waals surface area contributed by atoms with E-state index in [0.29, 0.717) is 41.8 Å². The number of fused-ring (bicyclic) bond motifs is 1. The number of tetrazole rings is 1. The van der Waals surface area contributed by atoms with Crippen LogP contribution in [0.4, 0.5) is 10.5 Å². The van der Waals surface area contributed by atoms with Crippen molar-refractivity contribution in [3.8, 4) is 28.1 Å². The third-order valence-corrected chi connectivity index (χ3v) is 8.28. The summed E-state index contributed by atoms with van der Waals surface area (Å²) in [5, 5.41) is 21.8. The first kappa shape index (κ1) is 27.0. The van der Waals surface area contributed by atoms with E-state index < -0.39 is 6.09 Å². The highest BCUT2D eigenvalue weighted by molar-refractivity contribution is 6.31. The molecule has 3 aromatic heterocycles. The molecular formula is C30H27ClN8O4. The van der Waals surface area contributed by atoms with Gasteiger partial charge in [-0.15, -0.1) is 5.10 Å². The van der Waals surface area contributed by atoms with Crippen LogP contribution < -0.4 is 10.5 Å². The van der Waals surface area contributed by atoms with E-state index in [1.54, 1.807) is 45.8 Å². The highest BCUT2D eigenvalue weighted by Crippen LogP contribution is 2.34. The maximum absolute atomic E-state index is 13.5. The quantitative estimate of drug-likeness (QED) is 0.273. The lowest BCUT2D eigenvalue weighted by atomic mass is 10.0. The Morgan fingerprint density at radius 2 is 1.98 bits per heavy atom. The highest BCUT2D eigenvalue weighted by atomic mass is 35.5. The topological polar surface area (TPSA) is 144 Å². The largest absolute Gasteiger partial charge is 0.465 e. The van der Waals surface area contributed by atoms with Crippen LogP contribution in [0.2, 0.25) is 5.02 Å². The molecule has 1 saturated heterocycles. The van der Waals surface area contributed by atoms with Gasteiger partial charge in [0.05, 0.1) is 36.3 Å². The Morgan fingerprint density at radius 1 is 1.12 bits per heavy atom. The summed E-state index contributed by atoms with van der Waals surface area (Å²) < 4.78 is 8.96. The summed E-state index contributed by atoms with van der Waals surface area (Å²) in [5.41, 5.74) is 5.20. The Labute approximate surface area is 250 Å². The number of pyridine rings is 1. The van der Waals surface area contributed by atoms with Gasteiger partial charge in [-0.2, -0.15) is 4.68 Å². The van der Waals surface area contributed by atoms with Crippen LogP contribution in [0.15, 0.2) is 71.9 Å². The molecule has 7 rings (SSSR count). The Hall–Kier alpha value is -4.81. The van der Waals surface area contributed by atoms with Gasteiger partial charge in [-0.3, -0.25) is 9.69 Å². The van der Waals surface area contributed by atoms with Crippen molar-refractivity contribution in [2.75, 3.05) is 18.1 Å². The lowest BCUT2D eigenvalue weighted by Crippen LogP contribution is -2.36. The summed E-state index contributed by atoms with van der Waals surface area (Å²) in [5.74, 6) is 0.690. The van der Waals surface area contributed by atoms with Crippen LogP contribution in [0.5, 0.6) is 0 Å². The Balaban J connectivity index is 1.14. The second kappa shape index (κ2) is 11.1. The van der Waals surface area contributed by atoms with E-state index >= 15 is 0 Å². The smallest absolute Gasteiger partial charge is 0.411 e. The standard InChI is InChI=1S/C30H27ClN8O4/c31-20-5-9-26(38-17-33-35-36-38)24(14-20)19-12-22-8-10-27(39(22)28(40)13-19)29-32-15-25(34-29)18-3-6-21(7-4-18)37(30(41)42)16-23-2-1-11-43-23/h3-7,9,12-15,17,23,27H,1-2,8,10-11,16H2,(H,32,34)(H,41,42)/t23?,27-/m0/s1. The van der Waals surface area contributed by atoms with Crippen molar-refractivity contribution in [2.24, 2.45) is 0 Å². The molecule has 2 aliphatic heterocycles. The van der Waals surface area contributed by atoms with E-state index in [2.05, 4.69) is 25.5 Å². The molecule has 2 aliphatic rings. The van der Waals surface area contributed by atoms with Crippen LogP contribution in [0.1, 0.15) is 36.8 Å². The molecule has 43 heavy (non-hydrogen) atoms. The van der Waals surface area contributed by atoms with Crippen LogP contribution in [0.25, 0.3) is 28.1 Å². The van der Waals surface area contributed by atoms with Gasteiger partial charge >= 0.3 is 6.09 Å². The first-order chi connectivity index (χ1) is 20.9. The van der Waals surface area contributed by atoms with Crippen LogP contribution >= 0.6 is 11.6 Å². The van der Waals surface area contributed by atoms with E-state index in [0.717, 1.165) is 47.3 Å². The first-order valence-electron chi connectivity index (χ1n) is 14.0. The number of nitrogens with one attached hydrogen (secondary N) is 1. The van der Waals surface area contributed by atoms with Gasteiger partial charge in [0.2, 0.25) is 0 Å². The zero-order valence-corrected chi connectivity index (χ0v) is 23.7. The fraction of sp³-hybridized carbons (Fsp3) is 0.267. The van der Waals surface area contributed by atoms with E-state index in [9.17, 15) is 14.7 Å². The van der Waals surface area contributed by atoms with Crippen LogP contribution in [-0.4, -0.2) is 65.2 Å². The minimum absolute atomic E-state index is 0.0850. The normalized spacial score (nSPS) is 17.7. The fourth-order valence-electron chi connectivity index (χ4n) is 5.98. The van der Waals surface area contributed by atoms with Crippen molar-refractivity contribution in [1.29, 1.82) is 0 Å². The molecule has 1 amide bonds.